The molecule has 1 saturated heterocycles. The van der Waals surface area contributed by atoms with Gasteiger partial charge in [0.2, 0.25) is 0 Å². The second-order valence-electron chi connectivity index (χ2n) is 6.62. The minimum atomic E-state index is -0.617. The first-order chi connectivity index (χ1) is 8.46. The van der Waals surface area contributed by atoms with Gasteiger partial charge in [0.1, 0.15) is 5.54 Å². The molecule has 2 N–H and O–H groups in total. The van der Waals surface area contributed by atoms with Crippen LogP contribution in [0.4, 0.5) is 0 Å². The van der Waals surface area contributed by atoms with E-state index in [1.807, 2.05) is 0 Å². The SMILES string of the molecule is CC1(C)CCCC(C(=O)O)(N2CCCNCC2)C1. The molecule has 1 heterocycles. The second-order valence-corrected chi connectivity index (χ2v) is 6.62. The molecule has 1 atom stereocenters. The first kappa shape index (κ1) is 13.8. The molecule has 0 amide bonds. The summed E-state index contributed by atoms with van der Waals surface area (Å²) in [5, 5.41) is 13.2. The van der Waals surface area contributed by atoms with Crippen LogP contribution in [0.2, 0.25) is 0 Å². The third-order valence-electron chi connectivity index (χ3n) is 4.56. The Balaban J connectivity index is 2.22. The van der Waals surface area contributed by atoms with Crippen molar-refractivity contribution in [3.63, 3.8) is 0 Å². The molecule has 2 aliphatic rings. The topological polar surface area (TPSA) is 52.6 Å². The molecule has 1 aliphatic heterocycles. The van der Waals surface area contributed by atoms with E-state index in [0.717, 1.165) is 58.3 Å². The molecule has 0 spiro atoms. The summed E-state index contributed by atoms with van der Waals surface area (Å²) >= 11 is 0. The molecule has 4 nitrogen and oxygen atoms in total. The molecule has 0 bridgehead atoms. The number of rotatable bonds is 2. The lowest BCUT2D eigenvalue weighted by Crippen LogP contribution is -2.59. The van der Waals surface area contributed by atoms with Crippen molar-refractivity contribution in [2.75, 3.05) is 26.2 Å². The molecule has 2 fully saturated rings. The summed E-state index contributed by atoms with van der Waals surface area (Å²) < 4.78 is 0. The largest absolute Gasteiger partial charge is 0.480 e. The smallest absolute Gasteiger partial charge is 0.324 e. The third-order valence-corrected chi connectivity index (χ3v) is 4.56. The maximum Gasteiger partial charge on any atom is 0.324 e. The fourth-order valence-corrected chi connectivity index (χ4v) is 3.69. The Morgan fingerprint density at radius 1 is 1.17 bits per heavy atom. The number of carboxylic acid groups (broad SMARTS) is 1. The van der Waals surface area contributed by atoms with E-state index in [9.17, 15) is 9.90 Å². The van der Waals surface area contributed by atoms with E-state index in [4.69, 9.17) is 0 Å². The molecule has 1 aliphatic carbocycles. The van der Waals surface area contributed by atoms with E-state index >= 15 is 0 Å². The average Bonchev–Trinajstić information content (AvgIpc) is 2.55. The number of carboxylic acids is 1. The highest BCUT2D eigenvalue weighted by Gasteiger charge is 2.49. The maximum absolute atomic E-state index is 11.9. The van der Waals surface area contributed by atoms with Crippen molar-refractivity contribution >= 4 is 5.97 Å². The molecule has 18 heavy (non-hydrogen) atoms. The number of hydrogen-bond donors (Lipinski definition) is 2. The van der Waals surface area contributed by atoms with Crippen LogP contribution in [-0.2, 0) is 4.79 Å². The number of nitrogens with zero attached hydrogens (tertiary/aromatic N) is 1. The van der Waals surface area contributed by atoms with Crippen molar-refractivity contribution in [3.05, 3.63) is 0 Å². The molecule has 1 saturated carbocycles. The summed E-state index contributed by atoms with van der Waals surface area (Å²) in [6, 6.07) is 0. The van der Waals surface area contributed by atoms with Gasteiger partial charge in [-0.1, -0.05) is 20.3 Å². The first-order valence-electron chi connectivity index (χ1n) is 7.16. The molecule has 0 aromatic carbocycles. The standard InChI is InChI=1S/C14H26N2O2/c1-13(2)5-3-6-14(11-13,12(17)18)16-9-4-7-15-8-10-16/h15H,3-11H2,1-2H3,(H,17,18). The summed E-state index contributed by atoms with van der Waals surface area (Å²) in [6.45, 7) is 8.11. The summed E-state index contributed by atoms with van der Waals surface area (Å²) in [7, 11) is 0. The van der Waals surface area contributed by atoms with E-state index < -0.39 is 11.5 Å². The lowest BCUT2D eigenvalue weighted by Gasteiger charge is -2.48. The fourth-order valence-electron chi connectivity index (χ4n) is 3.69. The third kappa shape index (κ3) is 2.69. The van der Waals surface area contributed by atoms with Gasteiger partial charge in [0, 0.05) is 19.6 Å². The van der Waals surface area contributed by atoms with E-state index in [-0.39, 0.29) is 5.41 Å². The van der Waals surface area contributed by atoms with Gasteiger partial charge in [0.05, 0.1) is 0 Å². The highest BCUT2D eigenvalue weighted by Crippen LogP contribution is 2.44. The van der Waals surface area contributed by atoms with Crippen molar-refractivity contribution in [2.45, 2.75) is 51.5 Å². The van der Waals surface area contributed by atoms with Crippen LogP contribution in [0, 0.1) is 5.41 Å². The Bertz CT molecular complexity index is 309. The molecule has 4 heteroatoms. The highest BCUT2D eigenvalue weighted by atomic mass is 16.4. The van der Waals surface area contributed by atoms with Gasteiger partial charge in [0.25, 0.3) is 0 Å². The van der Waals surface area contributed by atoms with Crippen LogP contribution in [0.5, 0.6) is 0 Å². The van der Waals surface area contributed by atoms with Gasteiger partial charge in [0.15, 0.2) is 0 Å². The van der Waals surface area contributed by atoms with E-state index in [2.05, 4.69) is 24.1 Å². The fraction of sp³-hybridized carbons (Fsp3) is 0.929. The zero-order valence-electron chi connectivity index (χ0n) is 11.7. The molecular formula is C14H26N2O2. The van der Waals surface area contributed by atoms with Gasteiger partial charge >= 0.3 is 5.97 Å². The zero-order valence-corrected chi connectivity index (χ0v) is 11.7. The van der Waals surface area contributed by atoms with Crippen LogP contribution in [0.3, 0.4) is 0 Å². The van der Waals surface area contributed by atoms with Crippen LogP contribution in [0.25, 0.3) is 0 Å². The van der Waals surface area contributed by atoms with Crippen molar-refractivity contribution in [2.24, 2.45) is 5.41 Å². The van der Waals surface area contributed by atoms with Crippen molar-refractivity contribution in [1.82, 2.24) is 10.2 Å². The minimum Gasteiger partial charge on any atom is -0.480 e. The minimum absolute atomic E-state index is 0.149. The zero-order chi connectivity index (χ0) is 13.2. The summed E-state index contributed by atoms with van der Waals surface area (Å²) in [5.74, 6) is -0.614. The Labute approximate surface area is 110 Å². The van der Waals surface area contributed by atoms with Gasteiger partial charge in [-0.05, 0) is 37.6 Å². The number of aliphatic carboxylic acids is 1. The number of carbonyl (C=O) groups is 1. The van der Waals surface area contributed by atoms with E-state index in [1.165, 1.54) is 0 Å². The molecule has 2 rings (SSSR count). The lowest BCUT2D eigenvalue weighted by molar-refractivity contribution is -0.157. The van der Waals surface area contributed by atoms with Crippen molar-refractivity contribution in [3.8, 4) is 0 Å². The highest BCUT2D eigenvalue weighted by molar-refractivity contribution is 5.79. The first-order valence-corrected chi connectivity index (χ1v) is 7.16. The van der Waals surface area contributed by atoms with Crippen LogP contribution in [0.15, 0.2) is 0 Å². The number of hydrogen-bond acceptors (Lipinski definition) is 3. The van der Waals surface area contributed by atoms with Gasteiger partial charge in [-0.15, -0.1) is 0 Å². The molecule has 0 aromatic rings. The van der Waals surface area contributed by atoms with Gasteiger partial charge in [-0.3, -0.25) is 9.69 Å². The average molecular weight is 254 g/mol. The normalized spacial score (nSPS) is 33.9. The summed E-state index contributed by atoms with van der Waals surface area (Å²) in [6.07, 6.45) is 4.83. The molecular weight excluding hydrogens is 228 g/mol. The molecule has 0 radical (unpaired) electrons. The van der Waals surface area contributed by atoms with E-state index in [0.29, 0.717) is 0 Å². The summed E-state index contributed by atoms with van der Waals surface area (Å²) in [4.78, 5) is 14.1. The van der Waals surface area contributed by atoms with Crippen molar-refractivity contribution in [1.29, 1.82) is 0 Å². The Hall–Kier alpha value is -0.610. The van der Waals surface area contributed by atoms with Gasteiger partial charge < -0.3 is 10.4 Å². The predicted octanol–water partition coefficient (Wildman–Crippen LogP) is 1.71. The van der Waals surface area contributed by atoms with E-state index in [1.54, 1.807) is 0 Å². The molecule has 104 valence electrons. The van der Waals surface area contributed by atoms with Crippen LogP contribution in [-0.4, -0.2) is 47.7 Å². The lowest BCUT2D eigenvalue weighted by atomic mass is 9.67. The van der Waals surface area contributed by atoms with Gasteiger partial charge in [-0.25, -0.2) is 0 Å². The second kappa shape index (κ2) is 5.17. The summed E-state index contributed by atoms with van der Waals surface area (Å²) in [5.41, 5.74) is -0.468. The Morgan fingerprint density at radius 3 is 2.61 bits per heavy atom. The predicted molar refractivity (Wildman–Crippen MR) is 71.7 cm³/mol. The maximum atomic E-state index is 11.9. The molecule has 1 unspecified atom stereocenters. The van der Waals surface area contributed by atoms with Crippen molar-refractivity contribution < 1.29 is 9.90 Å². The quantitative estimate of drug-likeness (QED) is 0.787. The molecule has 0 aromatic heterocycles. The van der Waals surface area contributed by atoms with Crippen LogP contribution < -0.4 is 5.32 Å². The van der Waals surface area contributed by atoms with Gasteiger partial charge in [-0.2, -0.15) is 0 Å². The van der Waals surface area contributed by atoms with Crippen LogP contribution >= 0.6 is 0 Å². The Kier molecular flexibility index (Phi) is 3.97. The monoisotopic (exact) mass is 254 g/mol. The Morgan fingerprint density at radius 2 is 1.94 bits per heavy atom. The number of nitrogens with one attached hydrogen (secondary N) is 1. The van der Waals surface area contributed by atoms with Crippen LogP contribution in [0.1, 0.15) is 46.0 Å².